The third-order valence-electron chi connectivity index (χ3n) is 1.49. The normalized spacial score (nSPS) is 16.6. The van der Waals surface area contributed by atoms with Crippen molar-refractivity contribution < 1.29 is 28.3 Å². The largest absolute Gasteiger partial charge is 0.756 e. The molecular formula is C12H24O6P-. The molecule has 0 rings (SSSR count). The molecule has 0 radical (unpaired) electrons. The SMILES string of the molecule is CC(C)(C)/C=C/OOCCOP(=O)([O-])OC(C)(C)C. The number of phosphoric ester groups is 1. The van der Waals surface area contributed by atoms with Crippen LogP contribution in [0.1, 0.15) is 41.5 Å². The van der Waals surface area contributed by atoms with Crippen LogP contribution < -0.4 is 4.89 Å². The Balaban J connectivity index is 3.76. The lowest BCUT2D eigenvalue weighted by atomic mass is 9.97. The highest BCUT2D eigenvalue weighted by Gasteiger charge is 2.20. The van der Waals surface area contributed by atoms with Crippen LogP contribution in [0.15, 0.2) is 12.3 Å². The van der Waals surface area contributed by atoms with Crippen LogP contribution >= 0.6 is 7.82 Å². The Morgan fingerprint density at radius 3 is 2.16 bits per heavy atom. The number of hydrogen-bond donors (Lipinski definition) is 0. The summed E-state index contributed by atoms with van der Waals surface area (Å²) in [5, 5.41) is 0. The Hall–Kier alpha value is -0.390. The summed E-state index contributed by atoms with van der Waals surface area (Å²) >= 11 is 0. The van der Waals surface area contributed by atoms with Crippen molar-refractivity contribution in [3.63, 3.8) is 0 Å². The molecule has 0 aromatic heterocycles. The maximum absolute atomic E-state index is 11.3. The van der Waals surface area contributed by atoms with Gasteiger partial charge in [0.2, 0.25) is 0 Å². The molecule has 0 amide bonds. The quantitative estimate of drug-likeness (QED) is 0.236. The third-order valence-corrected chi connectivity index (χ3v) is 2.76. The molecule has 0 aliphatic heterocycles. The van der Waals surface area contributed by atoms with Crippen LogP contribution in [0, 0.1) is 5.41 Å². The van der Waals surface area contributed by atoms with E-state index in [9.17, 15) is 9.46 Å². The van der Waals surface area contributed by atoms with Crippen molar-refractivity contribution >= 4 is 7.82 Å². The van der Waals surface area contributed by atoms with Gasteiger partial charge in [-0.3, -0.25) is 4.57 Å². The fraction of sp³-hybridized carbons (Fsp3) is 0.833. The lowest BCUT2D eigenvalue weighted by molar-refractivity contribution is -0.262. The number of rotatable bonds is 7. The van der Waals surface area contributed by atoms with Gasteiger partial charge in [0.15, 0.2) is 0 Å². The molecule has 0 heterocycles. The standard InChI is InChI=1S/C12H25O6P/c1-11(2,3)7-8-15-16-9-10-17-19(13,14)18-12(4,5)6/h7-8H,9-10H2,1-6H3,(H,13,14)/p-1/b8-7+. The second-order valence-electron chi connectivity index (χ2n) is 6.07. The van der Waals surface area contributed by atoms with E-state index in [2.05, 4.69) is 4.52 Å². The summed E-state index contributed by atoms with van der Waals surface area (Å²) in [6.45, 7) is 10.7. The third kappa shape index (κ3) is 13.8. The molecule has 7 heteroatoms. The second-order valence-corrected chi connectivity index (χ2v) is 7.41. The molecule has 0 aromatic rings. The molecule has 0 N–H and O–H groups in total. The predicted octanol–water partition coefficient (Wildman–Crippen LogP) is 2.79. The van der Waals surface area contributed by atoms with Gasteiger partial charge in [-0.1, -0.05) is 20.8 Å². The van der Waals surface area contributed by atoms with Gasteiger partial charge >= 0.3 is 0 Å². The molecule has 1 unspecified atom stereocenters. The van der Waals surface area contributed by atoms with E-state index in [0.29, 0.717) is 0 Å². The van der Waals surface area contributed by atoms with E-state index in [1.165, 1.54) is 6.26 Å². The van der Waals surface area contributed by atoms with E-state index in [-0.39, 0.29) is 18.6 Å². The van der Waals surface area contributed by atoms with Crippen molar-refractivity contribution in [3.8, 4) is 0 Å². The first kappa shape index (κ1) is 18.6. The van der Waals surface area contributed by atoms with Crippen LogP contribution in [0.4, 0.5) is 0 Å². The van der Waals surface area contributed by atoms with E-state index < -0.39 is 13.4 Å². The van der Waals surface area contributed by atoms with Crippen molar-refractivity contribution in [2.24, 2.45) is 5.41 Å². The van der Waals surface area contributed by atoms with Gasteiger partial charge < -0.3 is 18.8 Å². The Labute approximate surface area is 115 Å². The van der Waals surface area contributed by atoms with E-state index in [4.69, 9.17) is 14.3 Å². The van der Waals surface area contributed by atoms with Gasteiger partial charge in [0, 0.05) is 0 Å². The molecule has 0 spiro atoms. The molecule has 0 saturated heterocycles. The van der Waals surface area contributed by atoms with Crippen molar-refractivity contribution in [1.29, 1.82) is 0 Å². The van der Waals surface area contributed by atoms with E-state index in [1.807, 2.05) is 26.8 Å². The highest BCUT2D eigenvalue weighted by Crippen LogP contribution is 2.42. The maximum atomic E-state index is 11.3. The zero-order valence-corrected chi connectivity index (χ0v) is 13.4. The Kier molecular flexibility index (Phi) is 7.26. The maximum Gasteiger partial charge on any atom is 0.268 e. The van der Waals surface area contributed by atoms with Crippen molar-refractivity contribution in [2.45, 2.75) is 47.1 Å². The summed E-state index contributed by atoms with van der Waals surface area (Å²) < 4.78 is 20.7. The van der Waals surface area contributed by atoms with E-state index in [1.54, 1.807) is 20.8 Å². The molecule has 6 nitrogen and oxygen atoms in total. The second kappa shape index (κ2) is 7.41. The van der Waals surface area contributed by atoms with Gasteiger partial charge in [-0.15, -0.1) is 0 Å². The Bertz CT molecular complexity index is 326. The summed E-state index contributed by atoms with van der Waals surface area (Å²) in [4.78, 5) is 20.8. The van der Waals surface area contributed by atoms with Gasteiger partial charge in [0.25, 0.3) is 7.82 Å². The lowest BCUT2D eigenvalue weighted by Crippen LogP contribution is -2.23. The van der Waals surface area contributed by atoms with Crippen molar-refractivity contribution in [3.05, 3.63) is 12.3 Å². The molecule has 19 heavy (non-hydrogen) atoms. The monoisotopic (exact) mass is 295 g/mol. The average molecular weight is 295 g/mol. The fourth-order valence-corrected chi connectivity index (χ4v) is 1.89. The first-order valence-electron chi connectivity index (χ1n) is 6.04. The van der Waals surface area contributed by atoms with Crippen molar-refractivity contribution in [1.82, 2.24) is 0 Å². The number of allylic oxidation sites excluding steroid dienone is 1. The summed E-state index contributed by atoms with van der Waals surface area (Å²) in [6, 6.07) is 0. The smallest absolute Gasteiger partial charge is 0.268 e. The minimum atomic E-state index is -4.30. The summed E-state index contributed by atoms with van der Waals surface area (Å²) in [5.41, 5.74) is -0.824. The average Bonchev–Trinajstić information content (AvgIpc) is 2.10. The topological polar surface area (TPSA) is 77.1 Å². The van der Waals surface area contributed by atoms with Crippen LogP contribution in [0.25, 0.3) is 0 Å². The molecule has 0 saturated carbocycles. The van der Waals surface area contributed by atoms with Gasteiger partial charge in [-0.05, 0) is 32.3 Å². The van der Waals surface area contributed by atoms with Crippen LogP contribution in [0.5, 0.6) is 0 Å². The highest BCUT2D eigenvalue weighted by atomic mass is 31.2. The minimum absolute atomic E-state index is 0.00880. The van der Waals surface area contributed by atoms with Crippen LogP contribution in [0.3, 0.4) is 0 Å². The van der Waals surface area contributed by atoms with Gasteiger partial charge in [-0.2, -0.15) is 4.89 Å². The van der Waals surface area contributed by atoms with Crippen LogP contribution in [-0.2, 0) is 23.4 Å². The molecule has 0 aromatic carbocycles. The fourth-order valence-electron chi connectivity index (χ4n) is 0.864. The Morgan fingerprint density at radius 2 is 1.68 bits per heavy atom. The zero-order valence-electron chi connectivity index (χ0n) is 12.5. The van der Waals surface area contributed by atoms with E-state index in [0.717, 1.165) is 0 Å². The molecule has 0 aliphatic carbocycles. The molecule has 1 atom stereocenters. The summed E-state index contributed by atoms with van der Waals surface area (Å²) in [7, 11) is -4.30. The molecule has 0 fully saturated rings. The highest BCUT2D eigenvalue weighted by molar-refractivity contribution is 7.45. The summed E-state index contributed by atoms with van der Waals surface area (Å²) in [5.74, 6) is 0. The first-order chi connectivity index (χ1) is 8.41. The summed E-state index contributed by atoms with van der Waals surface area (Å²) in [6.07, 6.45) is 3.22. The molecule has 0 bridgehead atoms. The van der Waals surface area contributed by atoms with Gasteiger partial charge in [-0.25, -0.2) is 0 Å². The van der Waals surface area contributed by atoms with Crippen LogP contribution in [-0.4, -0.2) is 18.8 Å². The molecular weight excluding hydrogens is 271 g/mol. The van der Waals surface area contributed by atoms with Gasteiger partial charge in [0.05, 0.1) is 12.2 Å². The number of phosphoric acid groups is 1. The Morgan fingerprint density at radius 1 is 1.11 bits per heavy atom. The zero-order chi connectivity index (χ0) is 15.2. The van der Waals surface area contributed by atoms with Crippen LogP contribution in [0.2, 0.25) is 0 Å². The number of hydrogen-bond acceptors (Lipinski definition) is 6. The van der Waals surface area contributed by atoms with E-state index >= 15 is 0 Å². The minimum Gasteiger partial charge on any atom is -0.756 e. The molecule has 114 valence electrons. The lowest BCUT2D eigenvalue weighted by Gasteiger charge is -2.30. The van der Waals surface area contributed by atoms with Gasteiger partial charge in [0.1, 0.15) is 12.9 Å². The predicted molar refractivity (Wildman–Crippen MR) is 70.0 cm³/mol. The first-order valence-corrected chi connectivity index (χ1v) is 7.50. The van der Waals surface area contributed by atoms with Crippen molar-refractivity contribution in [2.75, 3.05) is 13.2 Å². The molecule has 0 aliphatic rings.